The summed E-state index contributed by atoms with van der Waals surface area (Å²) in [5.41, 5.74) is -0.0698. The summed E-state index contributed by atoms with van der Waals surface area (Å²) >= 11 is 0. The summed E-state index contributed by atoms with van der Waals surface area (Å²) in [5.74, 6) is -0.221. The zero-order valence-electron chi connectivity index (χ0n) is 10.5. The van der Waals surface area contributed by atoms with Crippen LogP contribution in [-0.4, -0.2) is 18.7 Å². The Balaban J connectivity index is 3.06. The number of rotatable bonds is 5. The van der Waals surface area contributed by atoms with Gasteiger partial charge >= 0.3 is 0 Å². The van der Waals surface area contributed by atoms with E-state index in [2.05, 4.69) is 0 Å². The fraction of sp³-hybridized carbons (Fsp3) is 0.429. The Morgan fingerprint density at radius 2 is 2.29 bits per heavy atom. The van der Waals surface area contributed by atoms with Crippen LogP contribution in [0.25, 0.3) is 0 Å². The molecule has 1 rings (SSSR count). The van der Waals surface area contributed by atoms with Gasteiger partial charge in [-0.25, -0.2) is 0 Å². The van der Waals surface area contributed by atoms with Gasteiger partial charge in [0.05, 0.1) is 18.3 Å². The Morgan fingerprint density at radius 1 is 1.59 bits per heavy atom. The molecule has 0 aromatic heterocycles. The molecule has 92 valence electrons. The molecule has 0 unspecified atom stereocenters. The highest BCUT2D eigenvalue weighted by Crippen LogP contribution is 2.38. The van der Waals surface area contributed by atoms with Crippen LogP contribution in [0.1, 0.15) is 20.8 Å². The number of allylic oxidation sites excluding steroid dienone is 5. The summed E-state index contributed by atoms with van der Waals surface area (Å²) in [5, 5.41) is 0. The molecule has 0 aromatic carbocycles. The molecule has 0 aliphatic heterocycles. The Kier molecular flexibility index (Phi) is 4.44. The van der Waals surface area contributed by atoms with E-state index < -0.39 is 5.41 Å². The quantitative estimate of drug-likeness (QED) is 0.542. The van der Waals surface area contributed by atoms with Gasteiger partial charge in [-0.15, -0.1) is 0 Å². The molecular formula is C14H18O3. The largest absolute Gasteiger partial charge is 0.502 e. The normalized spacial score (nSPS) is 27.9. The van der Waals surface area contributed by atoms with Crippen LogP contribution < -0.4 is 0 Å². The van der Waals surface area contributed by atoms with Crippen molar-refractivity contribution in [1.82, 2.24) is 0 Å². The van der Waals surface area contributed by atoms with E-state index >= 15 is 0 Å². The van der Waals surface area contributed by atoms with E-state index in [0.29, 0.717) is 12.2 Å². The molecule has 3 nitrogen and oxygen atoms in total. The van der Waals surface area contributed by atoms with Crippen LogP contribution in [0.15, 0.2) is 36.1 Å². The van der Waals surface area contributed by atoms with E-state index in [1.54, 1.807) is 31.4 Å². The first-order valence-corrected chi connectivity index (χ1v) is 5.70. The third kappa shape index (κ3) is 2.73. The third-order valence-electron chi connectivity index (χ3n) is 3.16. The highest BCUT2D eigenvalue weighted by molar-refractivity contribution is 5.88. The van der Waals surface area contributed by atoms with Crippen molar-refractivity contribution in [2.75, 3.05) is 6.61 Å². The summed E-state index contributed by atoms with van der Waals surface area (Å²) < 4.78 is 5.14. The first-order chi connectivity index (χ1) is 8.06. The Hall–Kier alpha value is -1.64. The second kappa shape index (κ2) is 5.62. The van der Waals surface area contributed by atoms with E-state index in [1.165, 1.54) is 0 Å². The molecular weight excluding hydrogens is 216 g/mol. The Morgan fingerprint density at radius 3 is 2.82 bits per heavy atom. The van der Waals surface area contributed by atoms with Gasteiger partial charge in [-0.2, -0.15) is 0 Å². The van der Waals surface area contributed by atoms with Crippen molar-refractivity contribution in [2.45, 2.75) is 20.8 Å². The van der Waals surface area contributed by atoms with Gasteiger partial charge in [0.2, 0.25) is 0 Å². The molecule has 3 heteroatoms. The van der Waals surface area contributed by atoms with E-state index in [4.69, 9.17) is 4.74 Å². The summed E-state index contributed by atoms with van der Waals surface area (Å²) in [6, 6.07) is 0. The first-order valence-electron chi connectivity index (χ1n) is 5.70. The van der Waals surface area contributed by atoms with Gasteiger partial charge < -0.3 is 4.74 Å². The smallest absolute Gasteiger partial charge is 0.146 e. The van der Waals surface area contributed by atoms with Gasteiger partial charge in [-0.3, -0.25) is 9.59 Å². The number of hydrogen-bond donors (Lipinski definition) is 0. The van der Waals surface area contributed by atoms with Crippen molar-refractivity contribution >= 4 is 12.1 Å². The van der Waals surface area contributed by atoms with Crippen LogP contribution in [0.5, 0.6) is 0 Å². The van der Waals surface area contributed by atoms with E-state index in [0.717, 1.165) is 6.29 Å². The van der Waals surface area contributed by atoms with Crippen molar-refractivity contribution in [2.24, 2.45) is 11.3 Å². The van der Waals surface area contributed by atoms with Gasteiger partial charge in [0.15, 0.2) is 0 Å². The molecule has 1 aliphatic carbocycles. The van der Waals surface area contributed by atoms with Gasteiger partial charge in [-0.05, 0) is 26.8 Å². The van der Waals surface area contributed by atoms with Crippen molar-refractivity contribution < 1.29 is 14.3 Å². The second-order valence-corrected chi connectivity index (χ2v) is 4.24. The maximum Gasteiger partial charge on any atom is 0.146 e. The summed E-state index contributed by atoms with van der Waals surface area (Å²) in [6.45, 7) is 5.82. The molecule has 0 spiro atoms. The SMILES string of the molecule is CCO/C=C\[C@@H]1C(C=O)=CC=C[C@]1(C)C(C)=O. The fourth-order valence-corrected chi connectivity index (χ4v) is 1.90. The number of carbonyl (C=O) groups excluding carboxylic acids is 2. The number of hydrogen-bond acceptors (Lipinski definition) is 3. The second-order valence-electron chi connectivity index (χ2n) is 4.24. The van der Waals surface area contributed by atoms with Crippen LogP contribution >= 0.6 is 0 Å². The molecule has 0 fully saturated rings. The lowest BCUT2D eigenvalue weighted by Gasteiger charge is -2.33. The van der Waals surface area contributed by atoms with Crippen LogP contribution in [0.4, 0.5) is 0 Å². The zero-order chi connectivity index (χ0) is 12.9. The lowest BCUT2D eigenvalue weighted by molar-refractivity contribution is -0.124. The number of Topliss-reactive ketones (excluding diaryl/α,β-unsaturated/α-hetero) is 1. The standard InChI is InChI=1S/C14H18O3/c1-4-17-9-7-13-12(10-15)6-5-8-14(13,3)11(2)16/h5-10,13H,4H2,1-3H3/b9-7-/t13-,14-/m1/s1. The monoisotopic (exact) mass is 234 g/mol. The Bertz CT molecular complexity index is 390. The summed E-state index contributed by atoms with van der Waals surface area (Å²) in [4.78, 5) is 22.8. The average Bonchev–Trinajstić information content (AvgIpc) is 2.31. The van der Waals surface area contributed by atoms with Gasteiger partial charge in [0.25, 0.3) is 0 Å². The lowest BCUT2D eigenvalue weighted by Crippen LogP contribution is -2.34. The minimum Gasteiger partial charge on any atom is -0.502 e. The number of aldehydes is 1. The topological polar surface area (TPSA) is 43.4 Å². The molecule has 0 saturated heterocycles. The van der Waals surface area contributed by atoms with Gasteiger partial charge in [0.1, 0.15) is 12.1 Å². The molecule has 17 heavy (non-hydrogen) atoms. The maximum absolute atomic E-state index is 11.8. The van der Waals surface area contributed by atoms with Crippen LogP contribution in [-0.2, 0) is 14.3 Å². The van der Waals surface area contributed by atoms with Gasteiger partial charge in [-0.1, -0.05) is 18.2 Å². The van der Waals surface area contributed by atoms with Gasteiger partial charge in [0, 0.05) is 11.5 Å². The number of ether oxygens (including phenoxy) is 1. The average molecular weight is 234 g/mol. The first kappa shape index (κ1) is 13.4. The molecule has 0 saturated carbocycles. The Labute approximate surface area is 102 Å². The minimum atomic E-state index is -0.668. The molecule has 0 heterocycles. The van der Waals surface area contributed by atoms with Crippen molar-refractivity contribution in [1.29, 1.82) is 0 Å². The number of ketones is 1. The third-order valence-corrected chi connectivity index (χ3v) is 3.16. The molecule has 2 atom stereocenters. The number of carbonyl (C=O) groups is 2. The molecule has 0 amide bonds. The molecule has 0 N–H and O–H groups in total. The molecule has 0 bridgehead atoms. The minimum absolute atomic E-state index is 0.0346. The lowest BCUT2D eigenvalue weighted by atomic mass is 9.68. The van der Waals surface area contributed by atoms with E-state index in [9.17, 15) is 9.59 Å². The predicted octanol–water partition coefficient (Wildman–Crippen LogP) is 2.44. The molecule has 1 aliphatic rings. The predicted molar refractivity (Wildman–Crippen MR) is 66.3 cm³/mol. The highest BCUT2D eigenvalue weighted by atomic mass is 16.5. The van der Waals surface area contributed by atoms with Crippen LogP contribution in [0.2, 0.25) is 0 Å². The maximum atomic E-state index is 11.8. The van der Waals surface area contributed by atoms with Crippen molar-refractivity contribution in [3.63, 3.8) is 0 Å². The molecule has 0 radical (unpaired) electrons. The fourth-order valence-electron chi connectivity index (χ4n) is 1.90. The van der Waals surface area contributed by atoms with Crippen molar-refractivity contribution in [3.05, 3.63) is 36.1 Å². The van der Waals surface area contributed by atoms with Crippen molar-refractivity contribution in [3.8, 4) is 0 Å². The van der Waals surface area contributed by atoms with Crippen LogP contribution in [0.3, 0.4) is 0 Å². The summed E-state index contributed by atoms with van der Waals surface area (Å²) in [7, 11) is 0. The van der Waals surface area contributed by atoms with Crippen LogP contribution in [0, 0.1) is 11.3 Å². The molecule has 0 aromatic rings. The van der Waals surface area contributed by atoms with E-state index in [-0.39, 0.29) is 11.7 Å². The summed E-state index contributed by atoms with van der Waals surface area (Å²) in [6.07, 6.45) is 9.46. The van der Waals surface area contributed by atoms with E-state index in [1.807, 2.05) is 19.9 Å². The zero-order valence-corrected chi connectivity index (χ0v) is 10.5. The highest BCUT2D eigenvalue weighted by Gasteiger charge is 2.38.